The molecule has 2 atom stereocenters. The van der Waals surface area contributed by atoms with Gasteiger partial charge in [-0.05, 0) is 6.92 Å². The summed E-state index contributed by atoms with van der Waals surface area (Å²) in [6.07, 6.45) is 0.635. The number of carbonyl (C=O) groups is 2. The Balaban J connectivity index is 3.90. The van der Waals surface area contributed by atoms with Gasteiger partial charge in [-0.25, -0.2) is 0 Å². The minimum absolute atomic E-state index is 0.319. The van der Waals surface area contributed by atoms with Crippen LogP contribution in [0.2, 0.25) is 0 Å². The second-order valence-corrected chi connectivity index (χ2v) is 3.78. The molecule has 0 aromatic carbocycles. The third-order valence-electron chi connectivity index (χ3n) is 0.921. The van der Waals surface area contributed by atoms with E-state index in [1.165, 1.54) is 0 Å². The number of halogens is 2. The molecule has 0 rings (SSSR count). The lowest BCUT2D eigenvalue weighted by molar-refractivity contribution is -0.142. The molecule has 0 heterocycles. The fourth-order valence-electron chi connectivity index (χ4n) is 0.421. The van der Waals surface area contributed by atoms with Crippen LogP contribution in [0.4, 0.5) is 0 Å². The molecule has 5 heteroatoms. The van der Waals surface area contributed by atoms with E-state index in [4.69, 9.17) is 0 Å². The summed E-state index contributed by atoms with van der Waals surface area (Å²) in [4.78, 5) is 19.9. The highest BCUT2D eigenvalue weighted by Gasteiger charge is 2.23. The van der Waals surface area contributed by atoms with Crippen LogP contribution in [-0.4, -0.2) is 28.5 Å². The van der Waals surface area contributed by atoms with E-state index >= 15 is 0 Å². The number of hydrogen-bond acceptors (Lipinski definition) is 3. The van der Waals surface area contributed by atoms with Gasteiger partial charge >= 0.3 is 5.97 Å². The van der Waals surface area contributed by atoms with E-state index in [9.17, 15) is 9.59 Å². The summed E-state index contributed by atoms with van der Waals surface area (Å²) in [7, 11) is 0. The average Bonchev–Trinajstić information content (AvgIpc) is 2.02. The van der Waals surface area contributed by atoms with Gasteiger partial charge < -0.3 is 9.53 Å². The topological polar surface area (TPSA) is 43.4 Å². The Bertz CT molecular complexity index is 149. The highest BCUT2D eigenvalue weighted by Crippen LogP contribution is 2.13. The number of carbonyl (C=O) groups excluding carboxylic acids is 2. The van der Waals surface area contributed by atoms with Crippen LogP contribution in [0.15, 0.2) is 0 Å². The molecule has 0 saturated heterocycles. The van der Waals surface area contributed by atoms with Gasteiger partial charge in [0.1, 0.15) is 11.1 Å². The summed E-state index contributed by atoms with van der Waals surface area (Å²) in [5.74, 6) is -0.429. The van der Waals surface area contributed by atoms with Crippen LogP contribution >= 0.6 is 31.9 Å². The predicted octanol–water partition coefficient (Wildman–Crippen LogP) is 1.28. The molecule has 0 bridgehead atoms. The Kier molecular flexibility index (Phi) is 5.76. The molecule has 64 valence electrons. The molecule has 0 radical (unpaired) electrons. The first-order valence-electron chi connectivity index (χ1n) is 3.03. The van der Waals surface area contributed by atoms with Gasteiger partial charge in [-0.2, -0.15) is 0 Å². The summed E-state index contributed by atoms with van der Waals surface area (Å²) in [5.41, 5.74) is 0. The Morgan fingerprint density at radius 3 is 2.55 bits per heavy atom. The second kappa shape index (κ2) is 5.71. The molecule has 0 N–H and O–H groups in total. The summed E-state index contributed by atoms with van der Waals surface area (Å²) in [6, 6.07) is 0. The lowest BCUT2D eigenvalue weighted by Crippen LogP contribution is -2.27. The van der Waals surface area contributed by atoms with Crippen molar-refractivity contribution < 1.29 is 14.3 Å². The second-order valence-electron chi connectivity index (χ2n) is 1.73. The van der Waals surface area contributed by atoms with Crippen molar-refractivity contribution in [2.24, 2.45) is 0 Å². The zero-order valence-corrected chi connectivity index (χ0v) is 9.09. The molecular weight excluding hydrogens is 280 g/mol. The van der Waals surface area contributed by atoms with Crippen molar-refractivity contribution in [3.63, 3.8) is 0 Å². The van der Waals surface area contributed by atoms with E-state index in [0.29, 0.717) is 12.9 Å². The Hall–Kier alpha value is 0.1000. The first-order valence-corrected chi connectivity index (χ1v) is 4.86. The molecule has 0 saturated carbocycles. The van der Waals surface area contributed by atoms with Crippen LogP contribution in [0.1, 0.15) is 6.92 Å². The van der Waals surface area contributed by atoms with Gasteiger partial charge in [-0.1, -0.05) is 31.9 Å². The molecule has 0 aliphatic rings. The number of esters is 1. The van der Waals surface area contributed by atoms with Crippen LogP contribution in [0.25, 0.3) is 0 Å². The van der Waals surface area contributed by atoms with E-state index in [-0.39, 0.29) is 0 Å². The summed E-state index contributed by atoms with van der Waals surface area (Å²) in [6.45, 7) is 2.03. The van der Waals surface area contributed by atoms with Crippen molar-refractivity contribution in [2.75, 3.05) is 6.61 Å². The van der Waals surface area contributed by atoms with Crippen molar-refractivity contribution in [1.29, 1.82) is 0 Å². The number of aldehydes is 1. The first kappa shape index (κ1) is 11.1. The van der Waals surface area contributed by atoms with Gasteiger partial charge in [0.05, 0.1) is 11.4 Å². The Morgan fingerprint density at radius 2 is 2.18 bits per heavy atom. The van der Waals surface area contributed by atoms with Crippen LogP contribution in [0.3, 0.4) is 0 Å². The fourth-order valence-corrected chi connectivity index (χ4v) is 0.893. The number of rotatable bonds is 4. The number of alkyl halides is 2. The third kappa shape index (κ3) is 3.86. The smallest absolute Gasteiger partial charge is 0.321 e. The largest absolute Gasteiger partial charge is 0.465 e. The lowest BCUT2D eigenvalue weighted by atomic mass is 10.3. The van der Waals surface area contributed by atoms with Crippen molar-refractivity contribution in [2.45, 2.75) is 16.6 Å². The number of hydrogen-bond donors (Lipinski definition) is 0. The summed E-state index contributed by atoms with van der Waals surface area (Å²) < 4.78 is 4.65. The van der Waals surface area contributed by atoms with Crippen molar-refractivity contribution >= 4 is 44.1 Å². The molecule has 0 amide bonds. The van der Waals surface area contributed by atoms with E-state index < -0.39 is 15.6 Å². The number of ether oxygens (including phenoxy) is 1. The zero-order valence-electron chi connectivity index (χ0n) is 5.92. The van der Waals surface area contributed by atoms with Gasteiger partial charge in [-0.15, -0.1) is 0 Å². The SMILES string of the molecule is CCOC(=O)C(Br)C(Br)C=O. The molecule has 0 aromatic rings. The molecule has 0 aliphatic carbocycles. The molecule has 11 heavy (non-hydrogen) atoms. The maximum absolute atomic E-state index is 10.9. The monoisotopic (exact) mass is 286 g/mol. The molecule has 3 nitrogen and oxygen atoms in total. The van der Waals surface area contributed by atoms with E-state index in [2.05, 4.69) is 36.6 Å². The van der Waals surface area contributed by atoms with Gasteiger partial charge in [-0.3, -0.25) is 4.79 Å². The van der Waals surface area contributed by atoms with Crippen LogP contribution in [-0.2, 0) is 14.3 Å². The van der Waals surface area contributed by atoms with Crippen LogP contribution in [0, 0.1) is 0 Å². The van der Waals surface area contributed by atoms with E-state index in [0.717, 1.165) is 0 Å². The third-order valence-corrected chi connectivity index (χ3v) is 3.32. The van der Waals surface area contributed by atoms with E-state index in [1.807, 2.05) is 0 Å². The minimum Gasteiger partial charge on any atom is -0.465 e. The predicted molar refractivity (Wildman–Crippen MR) is 48.1 cm³/mol. The standard InChI is InChI=1S/C6H8Br2O3/c1-2-11-6(10)5(8)4(7)3-9/h3-5H,2H2,1H3. The normalized spacial score (nSPS) is 15.2. The van der Waals surface area contributed by atoms with Gasteiger partial charge in [0.2, 0.25) is 0 Å². The average molecular weight is 288 g/mol. The Morgan fingerprint density at radius 1 is 1.64 bits per heavy atom. The van der Waals surface area contributed by atoms with Gasteiger partial charge in [0.15, 0.2) is 0 Å². The highest BCUT2D eigenvalue weighted by atomic mass is 79.9. The van der Waals surface area contributed by atoms with Crippen molar-refractivity contribution in [3.05, 3.63) is 0 Å². The minimum atomic E-state index is -0.597. The maximum Gasteiger partial charge on any atom is 0.321 e. The molecule has 0 aliphatic heterocycles. The van der Waals surface area contributed by atoms with E-state index in [1.54, 1.807) is 6.92 Å². The first-order chi connectivity index (χ1) is 5.13. The molecular formula is C6H8Br2O3. The lowest BCUT2D eigenvalue weighted by Gasteiger charge is -2.08. The maximum atomic E-state index is 10.9. The molecule has 2 unspecified atom stereocenters. The van der Waals surface area contributed by atoms with Crippen molar-refractivity contribution in [3.8, 4) is 0 Å². The van der Waals surface area contributed by atoms with Crippen molar-refractivity contribution in [1.82, 2.24) is 0 Å². The van der Waals surface area contributed by atoms with Gasteiger partial charge in [0, 0.05) is 0 Å². The summed E-state index contributed by atoms with van der Waals surface area (Å²) >= 11 is 6.01. The highest BCUT2D eigenvalue weighted by molar-refractivity contribution is 9.12. The zero-order chi connectivity index (χ0) is 8.85. The van der Waals surface area contributed by atoms with Crippen LogP contribution in [0.5, 0.6) is 0 Å². The molecule has 0 fully saturated rings. The molecule has 0 aromatic heterocycles. The Labute approximate surface area is 81.7 Å². The van der Waals surface area contributed by atoms with Crippen LogP contribution < -0.4 is 0 Å². The molecule has 0 spiro atoms. The fraction of sp³-hybridized carbons (Fsp3) is 0.667. The summed E-state index contributed by atoms with van der Waals surface area (Å²) in [5, 5.41) is 0. The quantitative estimate of drug-likeness (QED) is 0.444. The van der Waals surface area contributed by atoms with Gasteiger partial charge in [0.25, 0.3) is 0 Å².